The average Bonchev–Trinajstić information content (AvgIpc) is 3.35. The first-order chi connectivity index (χ1) is 11.9. The number of unbranched alkanes of at least 4 members (excludes halogenated alkanes) is 2. The topological polar surface area (TPSA) is 91.8 Å². The predicted molar refractivity (Wildman–Crippen MR) is 84.3 cm³/mol. The highest BCUT2D eigenvalue weighted by Crippen LogP contribution is 2.29. The third-order valence-electron chi connectivity index (χ3n) is 4.09. The molecule has 0 fully saturated rings. The summed E-state index contributed by atoms with van der Waals surface area (Å²) in [7, 11) is 0. The van der Waals surface area contributed by atoms with Crippen LogP contribution in [0.2, 0.25) is 0 Å². The molecule has 124 valence electrons. The van der Waals surface area contributed by atoms with Crippen LogP contribution in [0, 0.1) is 0 Å². The van der Waals surface area contributed by atoms with E-state index in [1.54, 1.807) is 11.0 Å². The van der Waals surface area contributed by atoms with Gasteiger partial charge >= 0.3 is 0 Å². The zero-order valence-electron chi connectivity index (χ0n) is 13.3. The zero-order valence-corrected chi connectivity index (χ0v) is 13.3. The number of benzene rings is 1. The molecule has 0 atom stereocenters. The van der Waals surface area contributed by atoms with Crippen molar-refractivity contribution in [3.05, 3.63) is 36.0 Å². The first kappa shape index (κ1) is 14.8. The molecule has 1 aliphatic heterocycles. The van der Waals surface area contributed by atoms with Gasteiger partial charge in [0.05, 0.1) is 6.61 Å². The lowest BCUT2D eigenvalue weighted by molar-refractivity contribution is 0.357. The summed E-state index contributed by atoms with van der Waals surface area (Å²) in [6.45, 7) is 1.58. The van der Waals surface area contributed by atoms with Gasteiger partial charge in [0.1, 0.15) is 12.1 Å². The highest BCUT2D eigenvalue weighted by atomic mass is 16.5. The molecule has 0 amide bonds. The summed E-state index contributed by atoms with van der Waals surface area (Å²) in [5.41, 5.74) is 2.19. The number of aryl methyl sites for hydroxylation is 2. The quantitative estimate of drug-likeness (QED) is 0.614. The fourth-order valence-corrected chi connectivity index (χ4v) is 2.81. The van der Waals surface area contributed by atoms with E-state index in [4.69, 9.17) is 9.26 Å². The normalized spacial score (nSPS) is 13.0. The first-order valence-corrected chi connectivity index (χ1v) is 8.18. The maximum absolute atomic E-state index is 5.52. The molecule has 4 rings (SSSR count). The summed E-state index contributed by atoms with van der Waals surface area (Å²) in [5, 5.41) is 15.2. The van der Waals surface area contributed by atoms with Crippen molar-refractivity contribution in [2.45, 2.75) is 38.6 Å². The lowest BCUT2D eigenvalue weighted by Gasteiger charge is -1.99. The van der Waals surface area contributed by atoms with Crippen molar-refractivity contribution in [3.8, 4) is 17.1 Å². The van der Waals surface area contributed by atoms with Crippen LogP contribution in [0.3, 0.4) is 0 Å². The molecule has 0 spiro atoms. The van der Waals surface area contributed by atoms with Crippen molar-refractivity contribution in [1.29, 1.82) is 0 Å². The van der Waals surface area contributed by atoms with Crippen LogP contribution in [0.15, 0.2) is 29.0 Å². The van der Waals surface area contributed by atoms with E-state index in [-0.39, 0.29) is 0 Å². The number of hydrogen-bond acceptors (Lipinski definition) is 7. The number of tetrazole rings is 1. The number of nitrogens with zero attached hydrogens (tertiary/aromatic N) is 6. The zero-order chi connectivity index (χ0) is 16.2. The van der Waals surface area contributed by atoms with E-state index < -0.39 is 0 Å². The summed E-state index contributed by atoms with van der Waals surface area (Å²) in [5.74, 6) is 2.29. The van der Waals surface area contributed by atoms with Crippen molar-refractivity contribution in [1.82, 2.24) is 30.3 Å². The van der Waals surface area contributed by atoms with E-state index in [0.29, 0.717) is 11.7 Å². The standard InChI is InChI=1S/C16H18N6O2/c1(3-8-22-11-17-20-21-22)2-4-15-18-16(19-24-15)13-5-6-14-12(10-13)7-9-23-14/h5-6,10-11H,1-4,7-9H2. The molecular weight excluding hydrogens is 308 g/mol. The largest absolute Gasteiger partial charge is 0.493 e. The van der Waals surface area contributed by atoms with Gasteiger partial charge in [0.25, 0.3) is 0 Å². The SMILES string of the molecule is c1cc2c(cc1-c1noc(CCCCCn3cnnn3)n1)CCO2. The second-order valence-electron chi connectivity index (χ2n) is 5.82. The predicted octanol–water partition coefficient (Wildman–Crippen LogP) is 2.07. The second-order valence-corrected chi connectivity index (χ2v) is 5.82. The molecular formula is C16H18N6O2. The molecule has 0 radical (unpaired) electrons. The summed E-state index contributed by atoms with van der Waals surface area (Å²) in [6, 6.07) is 6.04. The Kier molecular flexibility index (Phi) is 4.18. The molecule has 8 nitrogen and oxygen atoms in total. The Balaban J connectivity index is 1.28. The van der Waals surface area contributed by atoms with Gasteiger partial charge in [0.15, 0.2) is 0 Å². The van der Waals surface area contributed by atoms with Crippen molar-refractivity contribution in [3.63, 3.8) is 0 Å². The molecule has 0 saturated heterocycles. The Hall–Kier alpha value is -2.77. The molecule has 0 N–H and O–H groups in total. The molecule has 3 aromatic rings. The van der Waals surface area contributed by atoms with Crippen molar-refractivity contribution in [2.75, 3.05) is 6.61 Å². The van der Waals surface area contributed by atoms with Gasteiger partial charge in [0.2, 0.25) is 11.7 Å². The molecule has 0 bridgehead atoms. The molecule has 1 aliphatic rings. The van der Waals surface area contributed by atoms with Gasteiger partial charge in [-0.2, -0.15) is 4.98 Å². The molecule has 0 aliphatic carbocycles. The Labute approximate surface area is 138 Å². The maximum atomic E-state index is 5.52. The molecule has 8 heteroatoms. The van der Waals surface area contributed by atoms with E-state index in [1.165, 1.54) is 5.56 Å². The van der Waals surface area contributed by atoms with Crippen LogP contribution in [-0.4, -0.2) is 37.0 Å². The molecule has 1 aromatic carbocycles. The number of hydrogen-bond donors (Lipinski definition) is 0. The summed E-state index contributed by atoms with van der Waals surface area (Å²) in [4.78, 5) is 4.50. The van der Waals surface area contributed by atoms with Gasteiger partial charge in [-0.3, -0.25) is 0 Å². The van der Waals surface area contributed by atoms with Gasteiger partial charge in [-0.1, -0.05) is 11.6 Å². The summed E-state index contributed by atoms with van der Waals surface area (Å²) >= 11 is 0. The van der Waals surface area contributed by atoms with Crippen molar-refractivity contribution in [2.24, 2.45) is 0 Å². The van der Waals surface area contributed by atoms with E-state index >= 15 is 0 Å². The third-order valence-corrected chi connectivity index (χ3v) is 4.09. The van der Waals surface area contributed by atoms with Crippen LogP contribution >= 0.6 is 0 Å². The maximum Gasteiger partial charge on any atom is 0.226 e. The number of ether oxygens (including phenoxy) is 1. The summed E-state index contributed by atoms with van der Waals surface area (Å²) in [6.07, 6.45) is 6.45. The molecule has 24 heavy (non-hydrogen) atoms. The smallest absolute Gasteiger partial charge is 0.226 e. The van der Waals surface area contributed by atoms with E-state index in [2.05, 4.69) is 31.7 Å². The van der Waals surface area contributed by atoms with Crippen LogP contribution < -0.4 is 4.74 Å². The minimum atomic E-state index is 0.647. The van der Waals surface area contributed by atoms with Crippen LogP contribution in [0.5, 0.6) is 5.75 Å². The minimum absolute atomic E-state index is 0.647. The third kappa shape index (κ3) is 3.27. The van der Waals surface area contributed by atoms with Crippen LogP contribution in [0.4, 0.5) is 0 Å². The van der Waals surface area contributed by atoms with Crippen LogP contribution in [0.25, 0.3) is 11.4 Å². The monoisotopic (exact) mass is 326 g/mol. The second kappa shape index (κ2) is 6.77. The van der Waals surface area contributed by atoms with Gasteiger partial charge in [-0.25, -0.2) is 4.68 Å². The molecule has 0 saturated carbocycles. The number of rotatable bonds is 7. The van der Waals surface area contributed by atoms with Crippen LogP contribution in [-0.2, 0) is 19.4 Å². The Morgan fingerprint density at radius 3 is 3.08 bits per heavy atom. The highest BCUT2D eigenvalue weighted by molar-refractivity contribution is 5.59. The number of aromatic nitrogens is 6. The summed E-state index contributed by atoms with van der Waals surface area (Å²) < 4.78 is 12.6. The fourth-order valence-electron chi connectivity index (χ4n) is 2.81. The number of fused-ring (bicyclic) bond motifs is 1. The van der Waals surface area contributed by atoms with E-state index in [0.717, 1.165) is 56.6 Å². The lowest BCUT2D eigenvalue weighted by Crippen LogP contribution is -1.99. The average molecular weight is 326 g/mol. The Bertz CT molecular complexity index is 799. The molecule has 3 heterocycles. The lowest BCUT2D eigenvalue weighted by atomic mass is 10.1. The minimum Gasteiger partial charge on any atom is -0.493 e. The first-order valence-electron chi connectivity index (χ1n) is 8.18. The van der Waals surface area contributed by atoms with Gasteiger partial charge in [-0.05, 0) is 47.0 Å². The fraction of sp³-hybridized carbons (Fsp3) is 0.438. The highest BCUT2D eigenvalue weighted by Gasteiger charge is 2.15. The molecule has 0 unspecified atom stereocenters. The van der Waals surface area contributed by atoms with Gasteiger partial charge < -0.3 is 9.26 Å². The van der Waals surface area contributed by atoms with E-state index in [9.17, 15) is 0 Å². The van der Waals surface area contributed by atoms with Crippen LogP contribution in [0.1, 0.15) is 30.7 Å². The van der Waals surface area contributed by atoms with Crippen molar-refractivity contribution < 1.29 is 9.26 Å². The molecule has 2 aromatic heterocycles. The van der Waals surface area contributed by atoms with Gasteiger partial charge in [-0.15, -0.1) is 5.10 Å². The Morgan fingerprint density at radius 2 is 2.17 bits per heavy atom. The van der Waals surface area contributed by atoms with E-state index in [1.807, 2.05) is 12.1 Å². The van der Waals surface area contributed by atoms with Gasteiger partial charge in [0, 0.05) is 24.9 Å². The van der Waals surface area contributed by atoms with Crippen molar-refractivity contribution >= 4 is 0 Å². The Morgan fingerprint density at radius 1 is 1.17 bits per heavy atom.